The number of hydrogen-bond donors (Lipinski definition) is 3. The van der Waals surface area contributed by atoms with Gasteiger partial charge in [0, 0.05) is 6.54 Å². The molecule has 1 amide bonds. The van der Waals surface area contributed by atoms with E-state index in [2.05, 4.69) is 10.0 Å². The van der Waals surface area contributed by atoms with E-state index in [-0.39, 0.29) is 18.2 Å². The molecule has 1 fully saturated rings. The molecule has 0 aromatic heterocycles. The zero-order valence-corrected chi connectivity index (χ0v) is 11.7. The standard InChI is InChI=1S/C11H22N2O4S/c1-3-6-18(16,17)13-8(2)11(15)12-7-10(14)9-4-5-9/h8-10,13-14H,3-7H2,1-2H3,(H,12,15). The number of sulfonamides is 1. The lowest BCUT2D eigenvalue weighted by atomic mass is 10.2. The van der Waals surface area contributed by atoms with Crippen LogP contribution in [0, 0.1) is 5.92 Å². The number of nitrogens with one attached hydrogen (secondary N) is 2. The lowest BCUT2D eigenvalue weighted by Gasteiger charge is -2.16. The predicted molar refractivity (Wildman–Crippen MR) is 68.4 cm³/mol. The first-order valence-corrected chi connectivity index (χ1v) is 7.96. The number of aliphatic hydroxyl groups is 1. The van der Waals surface area contributed by atoms with E-state index in [1.165, 1.54) is 6.92 Å². The molecule has 2 unspecified atom stereocenters. The molecule has 3 N–H and O–H groups in total. The summed E-state index contributed by atoms with van der Waals surface area (Å²) in [6.07, 6.45) is 1.98. The van der Waals surface area contributed by atoms with E-state index in [0.717, 1.165) is 12.8 Å². The van der Waals surface area contributed by atoms with Crippen molar-refractivity contribution in [1.82, 2.24) is 10.0 Å². The van der Waals surface area contributed by atoms with Gasteiger partial charge in [0.1, 0.15) is 0 Å². The van der Waals surface area contributed by atoms with E-state index in [4.69, 9.17) is 0 Å². The van der Waals surface area contributed by atoms with E-state index < -0.39 is 28.1 Å². The first-order valence-electron chi connectivity index (χ1n) is 6.31. The van der Waals surface area contributed by atoms with Crippen LogP contribution in [-0.2, 0) is 14.8 Å². The van der Waals surface area contributed by atoms with Crippen LogP contribution in [0.1, 0.15) is 33.1 Å². The highest BCUT2D eigenvalue weighted by atomic mass is 32.2. The van der Waals surface area contributed by atoms with Gasteiger partial charge in [0.05, 0.1) is 17.9 Å². The van der Waals surface area contributed by atoms with Crippen molar-refractivity contribution in [2.24, 2.45) is 5.92 Å². The molecule has 1 rings (SSSR count). The fourth-order valence-electron chi connectivity index (χ4n) is 1.66. The Hall–Kier alpha value is -0.660. The average molecular weight is 278 g/mol. The van der Waals surface area contributed by atoms with Crippen molar-refractivity contribution in [1.29, 1.82) is 0 Å². The average Bonchev–Trinajstić information content (AvgIpc) is 3.08. The maximum atomic E-state index is 11.6. The molecule has 1 saturated carbocycles. The van der Waals surface area contributed by atoms with E-state index in [1.807, 2.05) is 0 Å². The molecule has 0 bridgehead atoms. The molecular formula is C11H22N2O4S. The Morgan fingerprint density at radius 2 is 2.06 bits per heavy atom. The van der Waals surface area contributed by atoms with Gasteiger partial charge in [-0.1, -0.05) is 6.92 Å². The molecular weight excluding hydrogens is 256 g/mol. The first-order chi connectivity index (χ1) is 8.35. The van der Waals surface area contributed by atoms with E-state index in [1.54, 1.807) is 6.92 Å². The van der Waals surface area contributed by atoms with E-state index >= 15 is 0 Å². The van der Waals surface area contributed by atoms with Crippen LogP contribution in [0.4, 0.5) is 0 Å². The van der Waals surface area contributed by atoms with Gasteiger partial charge in [0.2, 0.25) is 15.9 Å². The Balaban J connectivity index is 2.31. The van der Waals surface area contributed by atoms with Crippen molar-refractivity contribution in [2.75, 3.05) is 12.3 Å². The van der Waals surface area contributed by atoms with Gasteiger partial charge in [0.15, 0.2) is 0 Å². The van der Waals surface area contributed by atoms with Crippen molar-refractivity contribution in [3.63, 3.8) is 0 Å². The molecule has 0 saturated heterocycles. The summed E-state index contributed by atoms with van der Waals surface area (Å²) >= 11 is 0. The summed E-state index contributed by atoms with van der Waals surface area (Å²) in [7, 11) is -3.39. The molecule has 6 nitrogen and oxygen atoms in total. The second-order valence-corrected chi connectivity index (χ2v) is 6.68. The third-order valence-electron chi connectivity index (χ3n) is 2.87. The number of aliphatic hydroxyl groups excluding tert-OH is 1. The number of carbonyl (C=O) groups excluding carboxylic acids is 1. The van der Waals surface area contributed by atoms with Gasteiger partial charge in [0.25, 0.3) is 0 Å². The fraction of sp³-hybridized carbons (Fsp3) is 0.909. The van der Waals surface area contributed by atoms with Crippen LogP contribution in [-0.4, -0.2) is 43.9 Å². The Bertz CT molecular complexity index is 379. The summed E-state index contributed by atoms with van der Waals surface area (Å²) in [6.45, 7) is 3.44. The van der Waals surface area contributed by atoms with Crippen LogP contribution in [0.15, 0.2) is 0 Å². The van der Waals surface area contributed by atoms with Crippen LogP contribution in [0.25, 0.3) is 0 Å². The number of hydrogen-bond acceptors (Lipinski definition) is 4. The SMILES string of the molecule is CCCS(=O)(=O)NC(C)C(=O)NCC(O)C1CC1. The smallest absolute Gasteiger partial charge is 0.237 e. The molecule has 18 heavy (non-hydrogen) atoms. The summed E-state index contributed by atoms with van der Waals surface area (Å²) in [6, 6.07) is -0.812. The van der Waals surface area contributed by atoms with E-state index in [9.17, 15) is 18.3 Å². The van der Waals surface area contributed by atoms with Gasteiger partial charge in [-0.15, -0.1) is 0 Å². The highest BCUT2D eigenvalue weighted by Crippen LogP contribution is 2.32. The Morgan fingerprint density at radius 3 is 2.56 bits per heavy atom. The zero-order valence-electron chi connectivity index (χ0n) is 10.8. The highest BCUT2D eigenvalue weighted by Gasteiger charge is 2.30. The van der Waals surface area contributed by atoms with Crippen molar-refractivity contribution in [2.45, 2.75) is 45.3 Å². The predicted octanol–water partition coefficient (Wildman–Crippen LogP) is -0.409. The Morgan fingerprint density at radius 1 is 1.44 bits per heavy atom. The molecule has 0 aliphatic heterocycles. The molecule has 1 aliphatic rings. The fourth-order valence-corrected chi connectivity index (χ4v) is 2.96. The lowest BCUT2D eigenvalue weighted by molar-refractivity contribution is -0.122. The van der Waals surface area contributed by atoms with Gasteiger partial charge in [-0.2, -0.15) is 0 Å². The molecule has 0 spiro atoms. The number of amides is 1. The Kier molecular flexibility index (Phi) is 5.55. The summed E-state index contributed by atoms with van der Waals surface area (Å²) in [5.74, 6) is -0.109. The highest BCUT2D eigenvalue weighted by molar-refractivity contribution is 7.89. The van der Waals surface area contributed by atoms with E-state index in [0.29, 0.717) is 6.42 Å². The van der Waals surface area contributed by atoms with Gasteiger partial charge < -0.3 is 10.4 Å². The molecule has 7 heteroatoms. The van der Waals surface area contributed by atoms with Crippen molar-refractivity contribution in [3.05, 3.63) is 0 Å². The molecule has 2 atom stereocenters. The van der Waals surface area contributed by atoms with Gasteiger partial charge >= 0.3 is 0 Å². The molecule has 0 heterocycles. The monoisotopic (exact) mass is 278 g/mol. The largest absolute Gasteiger partial charge is 0.391 e. The van der Waals surface area contributed by atoms with Crippen LogP contribution < -0.4 is 10.0 Å². The van der Waals surface area contributed by atoms with Crippen LogP contribution >= 0.6 is 0 Å². The van der Waals surface area contributed by atoms with Crippen molar-refractivity contribution >= 4 is 15.9 Å². The van der Waals surface area contributed by atoms with Crippen LogP contribution in [0.2, 0.25) is 0 Å². The van der Waals surface area contributed by atoms with Gasteiger partial charge in [-0.05, 0) is 32.1 Å². The van der Waals surface area contributed by atoms with Crippen LogP contribution in [0.3, 0.4) is 0 Å². The number of rotatable bonds is 8. The molecule has 0 aromatic carbocycles. The molecule has 0 radical (unpaired) electrons. The first kappa shape index (κ1) is 15.4. The topological polar surface area (TPSA) is 95.5 Å². The lowest BCUT2D eigenvalue weighted by Crippen LogP contribution is -2.47. The minimum Gasteiger partial charge on any atom is -0.391 e. The minimum atomic E-state index is -3.39. The Labute approximate surface area is 108 Å². The van der Waals surface area contributed by atoms with Crippen LogP contribution in [0.5, 0.6) is 0 Å². The van der Waals surface area contributed by atoms with Gasteiger partial charge in [-0.25, -0.2) is 13.1 Å². The molecule has 106 valence electrons. The number of carbonyl (C=O) groups is 1. The maximum absolute atomic E-state index is 11.6. The maximum Gasteiger partial charge on any atom is 0.237 e. The summed E-state index contributed by atoms with van der Waals surface area (Å²) in [5, 5.41) is 12.1. The normalized spacial score (nSPS) is 19.3. The summed E-state index contributed by atoms with van der Waals surface area (Å²) < 4.78 is 25.2. The quantitative estimate of drug-likeness (QED) is 0.562. The minimum absolute atomic E-state index is 0.00925. The molecule has 0 aromatic rings. The second kappa shape index (κ2) is 6.49. The van der Waals surface area contributed by atoms with Gasteiger partial charge in [-0.3, -0.25) is 4.79 Å². The molecule has 1 aliphatic carbocycles. The summed E-state index contributed by atoms with van der Waals surface area (Å²) in [4.78, 5) is 11.6. The van der Waals surface area contributed by atoms with Crippen molar-refractivity contribution < 1.29 is 18.3 Å². The second-order valence-electron chi connectivity index (χ2n) is 4.81. The third kappa shape index (κ3) is 5.32. The zero-order chi connectivity index (χ0) is 13.8. The summed E-state index contributed by atoms with van der Waals surface area (Å²) in [5.41, 5.74) is 0. The third-order valence-corrected chi connectivity index (χ3v) is 4.53. The van der Waals surface area contributed by atoms with Crippen molar-refractivity contribution in [3.8, 4) is 0 Å².